The Kier molecular flexibility index (Phi) is 5.71. The van der Waals surface area contributed by atoms with E-state index in [9.17, 15) is 9.59 Å². The van der Waals surface area contributed by atoms with Crippen LogP contribution in [0.1, 0.15) is 56.0 Å². The van der Waals surface area contributed by atoms with Crippen LogP contribution in [-0.2, 0) is 24.8 Å². The fraction of sp³-hybridized carbons (Fsp3) is 0.400. The second-order valence-corrected chi connectivity index (χ2v) is 8.56. The number of aromatic nitrogens is 2. The van der Waals surface area contributed by atoms with E-state index in [1.165, 1.54) is 5.56 Å². The smallest absolute Gasteiger partial charge is 0.261 e. The molecule has 0 N–H and O–H groups in total. The largest absolute Gasteiger partial charge is 0.335 e. The summed E-state index contributed by atoms with van der Waals surface area (Å²) in [6.07, 6.45) is 2.97. The number of benzene rings is 2. The number of hydrogen-bond donors (Lipinski definition) is 0. The topological polar surface area (TPSA) is 55.2 Å². The zero-order valence-electron chi connectivity index (χ0n) is 18.0. The van der Waals surface area contributed by atoms with E-state index in [1.54, 1.807) is 17.7 Å². The Morgan fingerprint density at radius 2 is 1.83 bits per heavy atom. The van der Waals surface area contributed by atoms with Gasteiger partial charge in [-0.3, -0.25) is 14.2 Å². The molecular weight excluding hydrogens is 374 g/mol. The Hall–Kier alpha value is -2.95. The minimum absolute atomic E-state index is 0.0626. The molecule has 156 valence electrons. The van der Waals surface area contributed by atoms with E-state index in [1.807, 2.05) is 23.1 Å². The number of para-hydroxylation sites is 1. The van der Waals surface area contributed by atoms with Crippen LogP contribution in [0.4, 0.5) is 0 Å². The third-order valence-electron chi connectivity index (χ3n) is 5.95. The Labute approximate surface area is 177 Å². The van der Waals surface area contributed by atoms with Gasteiger partial charge in [0.05, 0.1) is 10.9 Å². The van der Waals surface area contributed by atoms with Crippen molar-refractivity contribution >= 4 is 16.8 Å². The highest BCUT2D eigenvalue weighted by Crippen LogP contribution is 2.29. The highest BCUT2D eigenvalue weighted by molar-refractivity contribution is 5.78. The number of carbonyl (C=O) groups excluding carboxylic acids is 1. The van der Waals surface area contributed by atoms with Crippen molar-refractivity contribution in [1.29, 1.82) is 0 Å². The molecule has 5 nitrogen and oxygen atoms in total. The SMILES string of the molecule is CC(C)c1ccc(CN(C(=O)CCc2nc3ccccc3c(=O)n2C)C2CC2)cc1. The number of fused-ring (bicyclic) bond motifs is 1. The summed E-state index contributed by atoms with van der Waals surface area (Å²) >= 11 is 0. The van der Waals surface area contributed by atoms with Gasteiger partial charge in [-0.1, -0.05) is 50.2 Å². The highest BCUT2D eigenvalue weighted by atomic mass is 16.2. The van der Waals surface area contributed by atoms with Crippen molar-refractivity contribution < 1.29 is 4.79 Å². The van der Waals surface area contributed by atoms with Crippen molar-refractivity contribution in [3.63, 3.8) is 0 Å². The van der Waals surface area contributed by atoms with Crippen LogP contribution in [0.25, 0.3) is 10.9 Å². The molecule has 4 rings (SSSR count). The fourth-order valence-electron chi connectivity index (χ4n) is 3.86. The molecule has 3 aromatic rings. The van der Waals surface area contributed by atoms with Gasteiger partial charge in [-0.25, -0.2) is 4.98 Å². The van der Waals surface area contributed by atoms with Crippen molar-refractivity contribution in [3.05, 3.63) is 75.8 Å². The molecule has 5 heteroatoms. The quantitative estimate of drug-likeness (QED) is 0.595. The zero-order valence-corrected chi connectivity index (χ0v) is 18.0. The second-order valence-electron chi connectivity index (χ2n) is 8.56. The van der Waals surface area contributed by atoms with Gasteiger partial charge in [0, 0.05) is 32.5 Å². The molecule has 30 heavy (non-hydrogen) atoms. The van der Waals surface area contributed by atoms with Gasteiger partial charge in [0.25, 0.3) is 5.56 Å². The molecule has 1 amide bonds. The summed E-state index contributed by atoms with van der Waals surface area (Å²) in [5.41, 5.74) is 3.10. The molecule has 0 spiro atoms. The number of amides is 1. The van der Waals surface area contributed by atoms with Crippen molar-refractivity contribution in [1.82, 2.24) is 14.5 Å². The number of rotatable bonds is 7. The monoisotopic (exact) mass is 403 g/mol. The normalized spacial score (nSPS) is 13.7. The van der Waals surface area contributed by atoms with E-state index in [-0.39, 0.29) is 11.5 Å². The third kappa shape index (κ3) is 4.30. The van der Waals surface area contributed by atoms with Crippen LogP contribution in [0.15, 0.2) is 53.3 Å². The minimum atomic E-state index is -0.0626. The van der Waals surface area contributed by atoms with E-state index < -0.39 is 0 Å². The van der Waals surface area contributed by atoms with E-state index in [0.717, 1.165) is 18.4 Å². The number of carbonyl (C=O) groups is 1. The van der Waals surface area contributed by atoms with Gasteiger partial charge in [0.15, 0.2) is 0 Å². The Balaban J connectivity index is 1.47. The average Bonchev–Trinajstić information content (AvgIpc) is 3.59. The van der Waals surface area contributed by atoms with Crippen LogP contribution < -0.4 is 5.56 Å². The van der Waals surface area contributed by atoms with Crippen LogP contribution in [0, 0.1) is 0 Å². The molecule has 2 aromatic carbocycles. The van der Waals surface area contributed by atoms with Crippen LogP contribution in [0.3, 0.4) is 0 Å². The highest BCUT2D eigenvalue weighted by Gasteiger charge is 2.32. The standard InChI is InChI=1S/C25H29N3O2/c1-17(2)19-10-8-18(9-11-19)16-28(20-12-13-20)24(29)15-14-23-26-22-7-5-4-6-21(22)25(30)27(23)3/h4-11,17,20H,12-16H2,1-3H3. The Morgan fingerprint density at radius 1 is 1.13 bits per heavy atom. The van der Waals surface area contributed by atoms with E-state index in [0.29, 0.717) is 48.1 Å². The first kappa shape index (κ1) is 20.3. The molecule has 1 aromatic heterocycles. The van der Waals surface area contributed by atoms with Crippen LogP contribution >= 0.6 is 0 Å². The first-order valence-electron chi connectivity index (χ1n) is 10.8. The average molecular weight is 404 g/mol. The molecule has 1 fully saturated rings. The van der Waals surface area contributed by atoms with Gasteiger partial charge in [-0.2, -0.15) is 0 Å². The first-order valence-corrected chi connectivity index (χ1v) is 10.8. The predicted octanol–water partition coefficient (Wildman–Crippen LogP) is 4.18. The minimum Gasteiger partial charge on any atom is -0.335 e. The maximum atomic E-state index is 13.0. The van der Waals surface area contributed by atoms with Crippen LogP contribution in [-0.4, -0.2) is 26.4 Å². The van der Waals surface area contributed by atoms with Crippen molar-refractivity contribution in [2.24, 2.45) is 7.05 Å². The molecule has 1 aliphatic rings. The lowest BCUT2D eigenvalue weighted by Gasteiger charge is -2.23. The molecule has 1 aliphatic carbocycles. The first-order chi connectivity index (χ1) is 14.4. The zero-order chi connectivity index (χ0) is 21.3. The van der Waals surface area contributed by atoms with Gasteiger partial charge < -0.3 is 4.90 Å². The van der Waals surface area contributed by atoms with Crippen molar-refractivity contribution in [2.75, 3.05) is 0 Å². The summed E-state index contributed by atoms with van der Waals surface area (Å²) in [5.74, 6) is 1.29. The van der Waals surface area contributed by atoms with Crippen molar-refractivity contribution in [3.8, 4) is 0 Å². The summed E-state index contributed by atoms with van der Waals surface area (Å²) in [6.45, 7) is 5.01. The fourth-order valence-corrected chi connectivity index (χ4v) is 3.86. The lowest BCUT2D eigenvalue weighted by atomic mass is 10.0. The predicted molar refractivity (Wildman–Crippen MR) is 119 cm³/mol. The molecule has 1 heterocycles. The molecule has 0 saturated heterocycles. The Morgan fingerprint density at radius 3 is 2.50 bits per heavy atom. The summed E-state index contributed by atoms with van der Waals surface area (Å²) < 4.78 is 1.57. The van der Waals surface area contributed by atoms with E-state index in [4.69, 9.17) is 0 Å². The molecule has 0 aliphatic heterocycles. The van der Waals surface area contributed by atoms with Gasteiger partial charge >= 0.3 is 0 Å². The lowest BCUT2D eigenvalue weighted by Crippen LogP contribution is -2.33. The molecule has 0 atom stereocenters. The maximum Gasteiger partial charge on any atom is 0.261 e. The van der Waals surface area contributed by atoms with Crippen molar-refractivity contribution in [2.45, 2.75) is 58.0 Å². The Bertz CT molecular complexity index is 1110. The lowest BCUT2D eigenvalue weighted by molar-refractivity contribution is -0.132. The number of hydrogen-bond acceptors (Lipinski definition) is 3. The summed E-state index contributed by atoms with van der Waals surface area (Å²) in [6, 6.07) is 16.3. The van der Waals surface area contributed by atoms with Crippen LogP contribution in [0.2, 0.25) is 0 Å². The van der Waals surface area contributed by atoms with Gasteiger partial charge in [-0.15, -0.1) is 0 Å². The maximum absolute atomic E-state index is 13.0. The van der Waals surface area contributed by atoms with Crippen LogP contribution in [0.5, 0.6) is 0 Å². The van der Waals surface area contributed by atoms with E-state index in [2.05, 4.69) is 43.1 Å². The summed E-state index contributed by atoms with van der Waals surface area (Å²) in [7, 11) is 1.73. The van der Waals surface area contributed by atoms with Gasteiger partial charge in [0.2, 0.25) is 5.91 Å². The molecule has 0 bridgehead atoms. The van der Waals surface area contributed by atoms with E-state index >= 15 is 0 Å². The molecule has 0 radical (unpaired) electrons. The summed E-state index contributed by atoms with van der Waals surface area (Å²) in [5, 5.41) is 0.611. The molecule has 1 saturated carbocycles. The van der Waals surface area contributed by atoms with Gasteiger partial charge in [-0.05, 0) is 42.0 Å². The second kappa shape index (κ2) is 8.42. The number of nitrogens with zero attached hydrogens (tertiary/aromatic N) is 3. The molecular formula is C25H29N3O2. The van der Waals surface area contributed by atoms with Gasteiger partial charge in [0.1, 0.15) is 5.82 Å². The third-order valence-corrected chi connectivity index (χ3v) is 5.95. The number of aryl methyl sites for hydroxylation is 1. The summed E-state index contributed by atoms with van der Waals surface area (Å²) in [4.78, 5) is 32.3. The molecule has 0 unspecified atom stereocenters.